The summed E-state index contributed by atoms with van der Waals surface area (Å²) in [6.45, 7) is 0.746. The zero-order chi connectivity index (χ0) is 29.3. The van der Waals surface area contributed by atoms with Gasteiger partial charge >= 0.3 is 0 Å². The molecule has 1 aromatic heterocycles. The number of carbonyl (C=O) groups excluding carboxylic acids is 3. The molecular formula is C28H22Cl2F2N6O3. The van der Waals surface area contributed by atoms with Gasteiger partial charge in [0.15, 0.2) is 5.15 Å². The second kappa shape index (κ2) is 11.6. The highest BCUT2D eigenvalue weighted by Gasteiger charge is 2.39. The number of nitrogens with zero attached hydrogens (tertiary/aromatic N) is 5. The first-order chi connectivity index (χ1) is 19.6. The Morgan fingerprint density at radius 3 is 2.41 bits per heavy atom. The summed E-state index contributed by atoms with van der Waals surface area (Å²) >= 11 is 12.1. The quantitative estimate of drug-likeness (QED) is 0.335. The molecule has 4 aromatic rings. The number of aromatic nitrogens is 3. The van der Waals surface area contributed by atoms with Gasteiger partial charge in [0.25, 0.3) is 0 Å². The Morgan fingerprint density at radius 2 is 1.73 bits per heavy atom. The Kier molecular flexibility index (Phi) is 8.00. The molecule has 0 saturated carbocycles. The summed E-state index contributed by atoms with van der Waals surface area (Å²) in [4.78, 5) is 43.0. The highest BCUT2D eigenvalue weighted by molar-refractivity contribution is 6.31. The van der Waals surface area contributed by atoms with Gasteiger partial charge in [-0.1, -0.05) is 46.6 Å². The molecule has 1 unspecified atom stereocenters. The van der Waals surface area contributed by atoms with E-state index in [1.807, 2.05) is 0 Å². The van der Waals surface area contributed by atoms with E-state index in [1.54, 1.807) is 19.1 Å². The van der Waals surface area contributed by atoms with Gasteiger partial charge in [0.1, 0.15) is 30.8 Å². The summed E-state index contributed by atoms with van der Waals surface area (Å²) in [5.74, 6) is -2.62. The van der Waals surface area contributed by atoms with E-state index >= 15 is 0 Å². The molecule has 1 aliphatic heterocycles. The van der Waals surface area contributed by atoms with Crippen LogP contribution in [0.3, 0.4) is 0 Å². The summed E-state index contributed by atoms with van der Waals surface area (Å²) < 4.78 is 29.0. The van der Waals surface area contributed by atoms with Crippen molar-refractivity contribution in [3.05, 3.63) is 99.8 Å². The maximum Gasteiger partial charge on any atom is 0.247 e. The number of halogens is 4. The Labute approximate surface area is 243 Å². The lowest BCUT2D eigenvalue weighted by Gasteiger charge is -2.38. The van der Waals surface area contributed by atoms with E-state index in [0.717, 1.165) is 0 Å². The van der Waals surface area contributed by atoms with Crippen LogP contribution in [0.1, 0.15) is 11.1 Å². The van der Waals surface area contributed by atoms with Gasteiger partial charge in [0.2, 0.25) is 17.7 Å². The summed E-state index contributed by atoms with van der Waals surface area (Å²) in [6.07, 6.45) is 1.42. The van der Waals surface area contributed by atoms with Gasteiger partial charge in [-0.25, -0.2) is 13.5 Å². The SMILES string of the molecule is Cc1ccc(NC(=O)C(Cc2ccc(F)cc2)N2CC(=O)N(c3cc(Cl)ccc3-n3cc(Cl)nn3)CC2=O)cc1F. The van der Waals surface area contributed by atoms with Crippen molar-refractivity contribution < 1.29 is 23.2 Å². The molecular weight excluding hydrogens is 577 g/mol. The number of hydrogen-bond acceptors (Lipinski definition) is 5. The average molecular weight is 599 g/mol. The maximum absolute atomic E-state index is 14.1. The molecule has 0 radical (unpaired) electrons. The second-order valence-corrected chi connectivity index (χ2v) is 10.2. The van der Waals surface area contributed by atoms with Gasteiger partial charge in [-0.15, -0.1) is 5.10 Å². The van der Waals surface area contributed by atoms with Crippen LogP contribution < -0.4 is 10.2 Å². The van der Waals surface area contributed by atoms with Crippen LogP contribution in [0.2, 0.25) is 10.2 Å². The van der Waals surface area contributed by atoms with E-state index in [2.05, 4.69) is 15.6 Å². The molecule has 3 amide bonds. The van der Waals surface area contributed by atoms with Crippen LogP contribution in [0, 0.1) is 18.6 Å². The molecule has 3 aromatic carbocycles. The molecule has 210 valence electrons. The minimum absolute atomic E-state index is 0.0145. The smallest absolute Gasteiger partial charge is 0.247 e. The van der Waals surface area contributed by atoms with Gasteiger partial charge < -0.3 is 10.2 Å². The van der Waals surface area contributed by atoms with Crippen LogP contribution in [0.4, 0.5) is 20.2 Å². The molecule has 0 aliphatic carbocycles. The summed E-state index contributed by atoms with van der Waals surface area (Å²) in [5, 5.41) is 10.8. The lowest BCUT2D eigenvalue weighted by molar-refractivity contribution is -0.143. The molecule has 41 heavy (non-hydrogen) atoms. The molecule has 13 heteroatoms. The highest BCUT2D eigenvalue weighted by atomic mass is 35.5. The van der Waals surface area contributed by atoms with E-state index in [0.29, 0.717) is 27.5 Å². The lowest BCUT2D eigenvalue weighted by atomic mass is 10.0. The third-order valence-corrected chi connectivity index (χ3v) is 7.03. The fraction of sp³-hybridized carbons (Fsp3) is 0.179. The molecule has 5 rings (SSSR count). The summed E-state index contributed by atoms with van der Waals surface area (Å²) in [5.41, 5.74) is 1.85. The van der Waals surface area contributed by atoms with E-state index in [-0.39, 0.29) is 17.3 Å². The molecule has 1 fully saturated rings. The molecule has 1 N–H and O–H groups in total. The van der Waals surface area contributed by atoms with Crippen molar-refractivity contribution in [1.29, 1.82) is 0 Å². The topological polar surface area (TPSA) is 100 Å². The van der Waals surface area contributed by atoms with Gasteiger partial charge in [0, 0.05) is 17.1 Å². The number of aryl methyl sites for hydroxylation is 1. The minimum atomic E-state index is -1.16. The van der Waals surface area contributed by atoms with Crippen LogP contribution in [-0.4, -0.2) is 56.7 Å². The van der Waals surface area contributed by atoms with Crippen molar-refractivity contribution in [2.75, 3.05) is 23.3 Å². The van der Waals surface area contributed by atoms with Crippen molar-refractivity contribution in [1.82, 2.24) is 19.9 Å². The van der Waals surface area contributed by atoms with Crippen LogP contribution in [0.15, 0.2) is 66.9 Å². The normalized spacial score (nSPS) is 14.4. The third-order valence-electron chi connectivity index (χ3n) is 6.62. The predicted octanol–water partition coefficient (Wildman–Crippen LogP) is 4.59. The van der Waals surface area contributed by atoms with Crippen molar-refractivity contribution in [2.24, 2.45) is 0 Å². The molecule has 9 nitrogen and oxygen atoms in total. The van der Waals surface area contributed by atoms with E-state index in [4.69, 9.17) is 23.2 Å². The fourth-order valence-electron chi connectivity index (χ4n) is 4.49. The zero-order valence-corrected chi connectivity index (χ0v) is 23.0. The summed E-state index contributed by atoms with van der Waals surface area (Å²) in [6, 6.07) is 13.2. The van der Waals surface area contributed by atoms with Crippen LogP contribution in [0.5, 0.6) is 0 Å². The monoisotopic (exact) mass is 598 g/mol. The van der Waals surface area contributed by atoms with E-state index < -0.39 is 48.5 Å². The lowest BCUT2D eigenvalue weighted by Crippen LogP contribution is -2.60. The van der Waals surface area contributed by atoms with E-state index in [9.17, 15) is 23.2 Å². The third kappa shape index (κ3) is 6.21. The number of nitrogens with one attached hydrogen (secondary N) is 1. The summed E-state index contributed by atoms with van der Waals surface area (Å²) in [7, 11) is 0. The number of piperazine rings is 1. The second-order valence-electron chi connectivity index (χ2n) is 9.42. The number of amides is 3. The fourth-order valence-corrected chi connectivity index (χ4v) is 4.78. The molecule has 1 aliphatic rings. The van der Waals surface area contributed by atoms with Gasteiger partial charge in [-0.2, -0.15) is 0 Å². The number of carbonyl (C=O) groups is 3. The highest BCUT2D eigenvalue weighted by Crippen LogP contribution is 2.30. The number of hydrogen-bond donors (Lipinski definition) is 1. The van der Waals surface area contributed by atoms with Gasteiger partial charge in [-0.05, 0) is 60.5 Å². The maximum atomic E-state index is 14.1. The molecule has 1 saturated heterocycles. The first kappa shape index (κ1) is 28.2. The first-order valence-electron chi connectivity index (χ1n) is 12.4. The molecule has 2 heterocycles. The molecule has 1 atom stereocenters. The minimum Gasteiger partial charge on any atom is -0.324 e. The number of anilines is 2. The Morgan fingerprint density at radius 1 is 0.976 bits per heavy atom. The first-order valence-corrected chi connectivity index (χ1v) is 13.1. The Hall–Kier alpha value is -4.35. The number of rotatable bonds is 7. The Bertz CT molecular complexity index is 1650. The van der Waals surface area contributed by atoms with E-state index in [1.165, 1.54) is 69.2 Å². The van der Waals surface area contributed by atoms with Crippen molar-refractivity contribution in [2.45, 2.75) is 19.4 Å². The van der Waals surface area contributed by atoms with Crippen LogP contribution in [-0.2, 0) is 20.8 Å². The van der Waals surface area contributed by atoms with Gasteiger partial charge in [0.05, 0.1) is 17.6 Å². The Balaban J connectivity index is 1.44. The average Bonchev–Trinajstić information content (AvgIpc) is 3.37. The standard InChI is InChI=1S/C28H22Cl2F2N6O3/c1-16-2-8-20(12-21(16)32)33-28(41)24(10-17-3-6-19(31)7-4-17)37-15-26(39)36(14-27(37)40)23-11-18(29)5-9-22(23)38-13-25(30)34-35-38/h2-9,11-13,24H,10,14-15H2,1H3,(H,33,41). The van der Waals surface area contributed by atoms with Gasteiger partial charge in [-0.3, -0.25) is 19.3 Å². The largest absolute Gasteiger partial charge is 0.324 e. The van der Waals surface area contributed by atoms with Crippen molar-refractivity contribution in [3.8, 4) is 5.69 Å². The molecule has 0 spiro atoms. The zero-order valence-electron chi connectivity index (χ0n) is 21.5. The predicted molar refractivity (Wildman–Crippen MR) is 149 cm³/mol. The van der Waals surface area contributed by atoms with Crippen LogP contribution >= 0.6 is 23.2 Å². The van der Waals surface area contributed by atoms with Crippen molar-refractivity contribution >= 4 is 52.3 Å². The molecule has 0 bridgehead atoms. The van der Waals surface area contributed by atoms with Crippen LogP contribution in [0.25, 0.3) is 5.69 Å². The number of benzene rings is 3. The van der Waals surface area contributed by atoms with Crippen molar-refractivity contribution in [3.63, 3.8) is 0 Å².